The molecule has 15 heavy (non-hydrogen) atoms. The lowest BCUT2D eigenvalue weighted by Gasteiger charge is -2.26. The minimum Gasteiger partial charge on any atom is -0.394 e. The van der Waals surface area contributed by atoms with Crippen LogP contribution in [0.25, 0.3) is 0 Å². The van der Waals surface area contributed by atoms with E-state index in [9.17, 15) is 4.79 Å². The quantitative estimate of drug-likeness (QED) is 0.629. The van der Waals surface area contributed by atoms with E-state index in [0.29, 0.717) is 12.3 Å². The molecule has 3 N–H and O–H groups in total. The van der Waals surface area contributed by atoms with Crippen molar-refractivity contribution in [2.45, 2.75) is 38.6 Å². The van der Waals surface area contributed by atoms with Gasteiger partial charge in [-0.15, -0.1) is 0 Å². The van der Waals surface area contributed by atoms with Crippen molar-refractivity contribution in [1.29, 1.82) is 0 Å². The number of amides is 1. The maximum absolute atomic E-state index is 11.6. The number of hydrogen-bond donors (Lipinski definition) is 3. The van der Waals surface area contributed by atoms with Gasteiger partial charge in [0.25, 0.3) is 0 Å². The minimum absolute atomic E-state index is 0.0261. The Morgan fingerprint density at radius 2 is 2.33 bits per heavy atom. The van der Waals surface area contributed by atoms with Gasteiger partial charge in [0, 0.05) is 6.42 Å². The van der Waals surface area contributed by atoms with Gasteiger partial charge in [-0.3, -0.25) is 4.79 Å². The summed E-state index contributed by atoms with van der Waals surface area (Å²) in [6.45, 7) is 5.63. The average Bonchev–Trinajstić information content (AvgIpc) is 2.18. The molecule has 1 amide bonds. The van der Waals surface area contributed by atoms with Crippen LogP contribution in [0.5, 0.6) is 0 Å². The van der Waals surface area contributed by atoms with E-state index in [1.807, 2.05) is 13.8 Å². The topological polar surface area (TPSA) is 61.4 Å². The molecule has 0 aromatic heterocycles. The Kier molecular flexibility index (Phi) is 4.54. The summed E-state index contributed by atoms with van der Waals surface area (Å²) in [7, 11) is 0. The van der Waals surface area contributed by atoms with Crippen molar-refractivity contribution in [3.63, 3.8) is 0 Å². The van der Waals surface area contributed by atoms with E-state index in [0.717, 1.165) is 25.9 Å². The highest BCUT2D eigenvalue weighted by atomic mass is 16.3. The molecule has 1 aliphatic heterocycles. The predicted molar refractivity (Wildman–Crippen MR) is 59.5 cm³/mol. The molecule has 0 radical (unpaired) electrons. The minimum atomic E-state index is -0.501. The van der Waals surface area contributed by atoms with Gasteiger partial charge < -0.3 is 15.7 Å². The standard InChI is InChI=1S/C11H22N2O2/c1-11(2,8-14)13-10(15)6-9-4-3-5-12-7-9/h9,12,14H,3-8H2,1-2H3,(H,13,15). The van der Waals surface area contributed by atoms with Crippen LogP contribution in [-0.2, 0) is 4.79 Å². The van der Waals surface area contributed by atoms with Crippen LogP contribution in [0.4, 0.5) is 0 Å². The molecule has 1 unspecified atom stereocenters. The zero-order chi connectivity index (χ0) is 11.3. The highest BCUT2D eigenvalue weighted by molar-refractivity contribution is 5.77. The fraction of sp³-hybridized carbons (Fsp3) is 0.909. The molecule has 0 aromatic rings. The van der Waals surface area contributed by atoms with Crippen LogP contribution in [-0.4, -0.2) is 36.2 Å². The number of hydrogen-bond acceptors (Lipinski definition) is 3. The summed E-state index contributed by atoms with van der Waals surface area (Å²) in [6.07, 6.45) is 2.84. The first-order chi connectivity index (χ1) is 7.03. The Morgan fingerprint density at radius 1 is 1.60 bits per heavy atom. The van der Waals surface area contributed by atoms with Crippen LogP contribution in [0.1, 0.15) is 33.1 Å². The van der Waals surface area contributed by atoms with Crippen molar-refractivity contribution in [3.8, 4) is 0 Å². The maximum Gasteiger partial charge on any atom is 0.220 e. The predicted octanol–water partition coefficient (Wildman–Crippen LogP) is 0.263. The van der Waals surface area contributed by atoms with Gasteiger partial charge in [0.15, 0.2) is 0 Å². The Morgan fingerprint density at radius 3 is 2.87 bits per heavy atom. The van der Waals surface area contributed by atoms with Crippen LogP contribution in [0.3, 0.4) is 0 Å². The Balaban J connectivity index is 2.28. The number of aliphatic hydroxyl groups is 1. The maximum atomic E-state index is 11.6. The number of carbonyl (C=O) groups excluding carboxylic acids is 1. The van der Waals surface area contributed by atoms with Crippen LogP contribution in [0.2, 0.25) is 0 Å². The Labute approximate surface area is 91.4 Å². The third-order valence-electron chi connectivity index (χ3n) is 2.75. The van der Waals surface area contributed by atoms with E-state index in [1.165, 1.54) is 0 Å². The van der Waals surface area contributed by atoms with E-state index in [2.05, 4.69) is 10.6 Å². The Hall–Kier alpha value is -0.610. The first-order valence-corrected chi connectivity index (χ1v) is 5.66. The largest absolute Gasteiger partial charge is 0.394 e. The number of carbonyl (C=O) groups is 1. The molecule has 1 atom stereocenters. The van der Waals surface area contributed by atoms with Crippen molar-refractivity contribution >= 4 is 5.91 Å². The molecule has 1 rings (SSSR count). The van der Waals surface area contributed by atoms with Gasteiger partial charge in [0.1, 0.15) is 0 Å². The first-order valence-electron chi connectivity index (χ1n) is 5.66. The molecule has 88 valence electrons. The summed E-state index contributed by atoms with van der Waals surface area (Å²) in [4.78, 5) is 11.6. The van der Waals surface area contributed by atoms with Crippen LogP contribution in [0, 0.1) is 5.92 Å². The van der Waals surface area contributed by atoms with E-state index in [4.69, 9.17) is 5.11 Å². The molecule has 1 saturated heterocycles. The van der Waals surface area contributed by atoms with Gasteiger partial charge >= 0.3 is 0 Å². The monoisotopic (exact) mass is 214 g/mol. The van der Waals surface area contributed by atoms with Gasteiger partial charge in [-0.25, -0.2) is 0 Å². The van der Waals surface area contributed by atoms with E-state index in [-0.39, 0.29) is 12.5 Å². The van der Waals surface area contributed by atoms with Crippen molar-refractivity contribution in [3.05, 3.63) is 0 Å². The summed E-state index contributed by atoms with van der Waals surface area (Å²) in [6, 6.07) is 0. The van der Waals surface area contributed by atoms with Crippen molar-refractivity contribution < 1.29 is 9.90 Å². The Bertz CT molecular complexity index is 211. The van der Waals surface area contributed by atoms with Gasteiger partial charge in [-0.1, -0.05) is 0 Å². The molecular weight excluding hydrogens is 192 g/mol. The molecule has 0 saturated carbocycles. The van der Waals surface area contributed by atoms with E-state index in [1.54, 1.807) is 0 Å². The van der Waals surface area contributed by atoms with Crippen LogP contribution >= 0.6 is 0 Å². The van der Waals surface area contributed by atoms with Crippen molar-refractivity contribution in [2.75, 3.05) is 19.7 Å². The van der Waals surface area contributed by atoms with Crippen LogP contribution in [0.15, 0.2) is 0 Å². The van der Waals surface area contributed by atoms with E-state index >= 15 is 0 Å². The summed E-state index contributed by atoms with van der Waals surface area (Å²) in [5.74, 6) is 0.496. The zero-order valence-electron chi connectivity index (χ0n) is 9.68. The zero-order valence-corrected chi connectivity index (χ0v) is 9.68. The third kappa shape index (κ3) is 4.62. The van der Waals surface area contributed by atoms with Gasteiger partial charge in [0.05, 0.1) is 12.1 Å². The van der Waals surface area contributed by atoms with Gasteiger partial charge in [-0.2, -0.15) is 0 Å². The number of rotatable bonds is 4. The summed E-state index contributed by atoms with van der Waals surface area (Å²) >= 11 is 0. The molecule has 0 aromatic carbocycles. The fourth-order valence-corrected chi connectivity index (χ4v) is 1.83. The molecule has 4 nitrogen and oxygen atoms in total. The van der Waals surface area contributed by atoms with Crippen molar-refractivity contribution in [2.24, 2.45) is 5.92 Å². The average molecular weight is 214 g/mol. The molecule has 0 spiro atoms. The lowest BCUT2D eigenvalue weighted by atomic mass is 9.95. The molecule has 1 heterocycles. The molecule has 0 aliphatic carbocycles. The molecule has 1 aliphatic rings. The lowest BCUT2D eigenvalue weighted by Crippen LogP contribution is -2.47. The van der Waals surface area contributed by atoms with Gasteiger partial charge in [0.2, 0.25) is 5.91 Å². The van der Waals surface area contributed by atoms with Gasteiger partial charge in [-0.05, 0) is 45.7 Å². The second-order valence-electron chi connectivity index (χ2n) is 5.01. The third-order valence-corrected chi connectivity index (χ3v) is 2.75. The van der Waals surface area contributed by atoms with Crippen LogP contribution < -0.4 is 10.6 Å². The number of aliphatic hydroxyl groups excluding tert-OH is 1. The summed E-state index contributed by atoms with van der Waals surface area (Å²) < 4.78 is 0. The summed E-state index contributed by atoms with van der Waals surface area (Å²) in [5, 5.41) is 15.1. The fourth-order valence-electron chi connectivity index (χ4n) is 1.83. The smallest absolute Gasteiger partial charge is 0.220 e. The second-order valence-corrected chi connectivity index (χ2v) is 5.01. The molecule has 4 heteroatoms. The first kappa shape index (κ1) is 12.5. The second kappa shape index (κ2) is 5.47. The molecule has 1 fully saturated rings. The highest BCUT2D eigenvalue weighted by Crippen LogP contribution is 2.14. The lowest BCUT2D eigenvalue weighted by molar-refractivity contribution is -0.124. The molecular formula is C11H22N2O2. The SMILES string of the molecule is CC(C)(CO)NC(=O)CC1CCCNC1. The van der Waals surface area contributed by atoms with E-state index < -0.39 is 5.54 Å². The van der Waals surface area contributed by atoms with Crippen molar-refractivity contribution in [1.82, 2.24) is 10.6 Å². The highest BCUT2D eigenvalue weighted by Gasteiger charge is 2.22. The normalized spacial score (nSPS) is 22.5. The molecule has 0 bridgehead atoms. The summed E-state index contributed by atoms with van der Waals surface area (Å²) in [5.41, 5.74) is -0.501. The number of nitrogens with one attached hydrogen (secondary N) is 2. The number of piperidine rings is 1.